The van der Waals surface area contributed by atoms with Crippen molar-refractivity contribution < 1.29 is 9.90 Å². The van der Waals surface area contributed by atoms with Crippen molar-refractivity contribution in [3.63, 3.8) is 0 Å². The molecular formula is C19H37NO2. The summed E-state index contributed by atoms with van der Waals surface area (Å²) in [7, 11) is 0. The van der Waals surface area contributed by atoms with Crippen molar-refractivity contribution in [2.45, 2.75) is 90.4 Å². The lowest BCUT2D eigenvalue weighted by Crippen LogP contribution is -2.21. The number of aliphatic carboxylic acids is 1. The van der Waals surface area contributed by atoms with E-state index in [2.05, 4.69) is 12.2 Å². The highest BCUT2D eigenvalue weighted by molar-refractivity contribution is 5.66. The Balaban J connectivity index is 1.99. The number of hydrogen-bond donors (Lipinski definition) is 2. The van der Waals surface area contributed by atoms with Gasteiger partial charge in [0.1, 0.15) is 0 Å². The summed E-state index contributed by atoms with van der Waals surface area (Å²) in [6.07, 6.45) is 15.8. The molecule has 3 heteroatoms. The standard InChI is InChI=1S/C19H37NO2/c1-2-3-8-15-20-16-14-18-12-9-11-17(18)10-6-4-5-7-13-19(21)22/h17-18,20H,2-16H2,1H3,(H,21,22)/t17-,18-/m1/s1. The normalized spacial score (nSPS) is 21.3. The molecule has 0 aromatic rings. The van der Waals surface area contributed by atoms with Crippen molar-refractivity contribution in [1.29, 1.82) is 0 Å². The molecule has 2 atom stereocenters. The van der Waals surface area contributed by atoms with E-state index in [-0.39, 0.29) is 0 Å². The van der Waals surface area contributed by atoms with Gasteiger partial charge in [0.15, 0.2) is 0 Å². The Morgan fingerprint density at radius 1 is 0.955 bits per heavy atom. The van der Waals surface area contributed by atoms with E-state index in [1.165, 1.54) is 77.3 Å². The molecule has 0 aromatic carbocycles. The van der Waals surface area contributed by atoms with Gasteiger partial charge in [-0.25, -0.2) is 0 Å². The monoisotopic (exact) mass is 311 g/mol. The van der Waals surface area contributed by atoms with Crippen LogP contribution in [0.2, 0.25) is 0 Å². The number of nitrogens with one attached hydrogen (secondary N) is 1. The van der Waals surface area contributed by atoms with Gasteiger partial charge in [0.25, 0.3) is 0 Å². The maximum atomic E-state index is 10.5. The molecule has 0 unspecified atom stereocenters. The fourth-order valence-corrected chi connectivity index (χ4v) is 3.82. The van der Waals surface area contributed by atoms with Crippen LogP contribution in [0, 0.1) is 11.8 Å². The molecule has 0 radical (unpaired) electrons. The fraction of sp³-hybridized carbons (Fsp3) is 0.947. The summed E-state index contributed by atoms with van der Waals surface area (Å²) in [5.41, 5.74) is 0. The highest BCUT2D eigenvalue weighted by atomic mass is 16.4. The van der Waals surface area contributed by atoms with Crippen LogP contribution in [0.25, 0.3) is 0 Å². The first-order chi connectivity index (χ1) is 10.7. The molecule has 1 fully saturated rings. The van der Waals surface area contributed by atoms with Gasteiger partial charge in [-0.3, -0.25) is 4.79 Å². The number of rotatable bonds is 14. The lowest BCUT2D eigenvalue weighted by Gasteiger charge is -2.19. The van der Waals surface area contributed by atoms with E-state index in [9.17, 15) is 4.79 Å². The highest BCUT2D eigenvalue weighted by Gasteiger charge is 2.25. The predicted molar refractivity (Wildman–Crippen MR) is 93.2 cm³/mol. The van der Waals surface area contributed by atoms with Crippen LogP contribution < -0.4 is 5.32 Å². The van der Waals surface area contributed by atoms with E-state index >= 15 is 0 Å². The number of carboxylic acid groups (broad SMARTS) is 1. The highest BCUT2D eigenvalue weighted by Crippen LogP contribution is 2.37. The van der Waals surface area contributed by atoms with Gasteiger partial charge in [-0.1, -0.05) is 64.7 Å². The topological polar surface area (TPSA) is 49.3 Å². The summed E-state index contributed by atoms with van der Waals surface area (Å²) in [4.78, 5) is 10.5. The smallest absolute Gasteiger partial charge is 0.303 e. The zero-order valence-corrected chi connectivity index (χ0v) is 14.6. The third-order valence-corrected chi connectivity index (χ3v) is 5.18. The SMILES string of the molecule is CCCCCNCC[C@H]1CCC[C@H]1CCCCCCC(=O)O. The zero-order chi connectivity index (χ0) is 16.0. The summed E-state index contributed by atoms with van der Waals surface area (Å²) in [6.45, 7) is 4.64. The Morgan fingerprint density at radius 2 is 1.68 bits per heavy atom. The quantitative estimate of drug-likeness (QED) is 0.444. The molecule has 1 aliphatic carbocycles. The second-order valence-corrected chi connectivity index (χ2v) is 7.04. The first-order valence-corrected chi connectivity index (χ1v) is 9.66. The molecule has 0 bridgehead atoms. The Kier molecular flexibility index (Phi) is 11.4. The number of carbonyl (C=O) groups is 1. The van der Waals surface area contributed by atoms with Crippen LogP contribution in [-0.4, -0.2) is 24.2 Å². The van der Waals surface area contributed by atoms with E-state index in [1.54, 1.807) is 0 Å². The molecule has 3 nitrogen and oxygen atoms in total. The van der Waals surface area contributed by atoms with Crippen LogP contribution in [0.3, 0.4) is 0 Å². The van der Waals surface area contributed by atoms with Crippen molar-refractivity contribution in [2.75, 3.05) is 13.1 Å². The molecule has 1 aliphatic rings. The van der Waals surface area contributed by atoms with Gasteiger partial charge in [0.2, 0.25) is 0 Å². The molecule has 1 rings (SSSR count). The largest absolute Gasteiger partial charge is 0.481 e. The van der Waals surface area contributed by atoms with Gasteiger partial charge in [0, 0.05) is 6.42 Å². The minimum atomic E-state index is -0.651. The first kappa shape index (κ1) is 19.5. The van der Waals surface area contributed by atoms with E-state index in [1.807, 2.05) is 0 Å². The third-order valence-electron chi connectivity index (χ3n) is 5.18. The maximum Gasteiger partial charge on any atom is 0.303 e. The molecule has 0 amide bonds. The van der Waals surface area contributed by atoms with Gasteiger partial charge in [-0.05, 0) is 44.2 Å². The van der Waals surface area contributed by atoms with Gasteiger partial charge < -0.3 is 10.4 Å². The van der Waals surface area contributed by atoms with Gasteiger partial charge in [0.05, 0.1) is 0 Å². The first-order valence-electron chi connectivity index (χ1n) is 9.66. The summed E-state index contributed by atoms with van der Waals surface area (Å²) >= 11 is 0. The van der Waals surface area contributed by atoms with Crippen molar-refractivity contribution in [3.05, 3.63) is 0 Å². The minimum absolute atomic E-state index is 0.343. The zero-order valence-electron chi connectivity index (χ0n) is 14.6. The Labute approximate surface area is 137 Å². The molecule has 0 spiro atoms. The minimum Gasteiger partial charge on any atom is -0.481 e. The summed E-state index contributed by atoms with van der Waals surface area (Å²) in [5.74, 6) is 1.23. The molecule has 0 saturated heterocycles. The lowest BCUT2D eigenvalue weighted by molar-refractivity contribution is -0.137. The Morgan fingerprint density at radius 3 is 2.41 bits per heavy atom. The van der Waals surface area contributed by atoms with Crippen LogP contribution in [0.1, 0.15) is 90.4 Å². The second-order valence-electron chi connectivity index (χ2n) is 7.04. The fourth-order valence-electron chi connectivity index (χ4n) is 3.82. The van der Waals surface area contributed by atoms with Crippen molar-refractivity contribution in [1.82, 2.24) is 5.32 Å². The molecule has 0 heterocycles. The van der Waals surface area contributed by atoms with E-state index in [4.69, 9.17) is 5.11 Å². The molecule has 2 N–H and O–H groups in total. The van der Waals surface area contributed by atoms with E-state index < -0.39 is 5.97 Å². The van der Waals surface area contributed by atoms with Gasteiger partial charge in [-0.2, -0.15) is 0 Å². The molecule has 1 saturated carbocycles. The number of unbranched alkanes of at least 4 members (excludes halogenated alkanes) is 5. The maximum absolute atomic E-state index is 10.5. The molecule has 0 aromatic heterocycles. The number of hydrogen-bond acceptors (Lipinski definition) is 2. The molecule has 130 valence electrons. The summed E-state index contributed by atoms with van der Waals surface area (Å²) < 4.78 is 0. The molecule has 22 heavy (non-hydrogen) atoms. The van der Waals surface area contributed by atoms with Crippen LogP contribution in [0.4, 0.5) is 0 Å². The van der Waals surface area contributed by atoms with Crippen LogP contribution >= 0.6 is 0 Å². The van der Waals surface area contributed by atoms with Crippen molar-refractivity contribution in [3.8, 4) is 0 Å². The third kappa shape index (κ3) is 9.45. The van der Waals surface area contributed by atoms with E-state index in [0.717, 1.165) is 24.7 Å². The average molecular weight is 312 g/mol. The van der Waals surface area contributed by atoms with Crippen LogP contribution in [-0.2, 0) is 4.79 Å². The van der Waals surface area contributed by atoms with Crippen LogP contribution in [0.5, 0.6) is 0 Å². The average Bonchev–Trinajstić information content (AvgIpc) is 2.93. The predicted octanol–water partition coefficient (Wildman–Crippen LogP) is 5.00. The van der Waals surface area contributed by atoms with Crippen LogP contribution in [0.15, 0.2) is 0 Å². The van der Waals surface area contributed by atoms with E-state index in [0.29, 0.717) is 6.42 Å². The molecular weight excluding hydrogens is 274 g/mol. The van der Waals surface area contributed by atoms with Crippen molar-refractivity contribution in [2.24, 2.45) is 11.8 Å². The summed E-state index contributed by atoms with van der Waals surface area (Å²) in [5, 5.41) is 12.2. The van der Waals surface area contributed by atoms with Crippen molar-refractivity contribution >= 4 is 5.97 Å². The van der Waals surface area contributed by atoms with Gasteiger partial charge in [-0.15, -0.1) is 0 Å². The number of carboxylic acids is 1. The Hall–Kier alpha value is -0.570. The summed E-state index contributed by atoms with van der Waals surface area (Å²) in [6, 6.07) is 0. The molecule has 0 aliphatic heterocycles. The second kappa shape index (κ2) is 12.9. The Bertz CT molecular complexity index is 281. The lowest BCUT2D eigenvalue weighted by atomic mass is 9.88. The van der Waals surface area contributed by atoms with Gasteiger partial charge >= 0.3 is 5.97 Å².